The number of carbonyl (C=O) groups is 1. The summed E-state index contributed by atoms with van der Waals surface area (Å²) in [5, 5.41) is 0. The van der Waals surface area contributed by atoms with Gasteiger partial charge >= 0.3 is 0 Å². The number of morpholine rings is 1. The molecule has 0 bridgehead atoms. The van der Waals surface area contributed by atoms with E-state index in [0.717, 1.165) is 6.42 Å². The zero-order valence-corrected chi connectivity index (χ0v) is 16.5. The van der Waals surface area contributed by atoms with Crippen LogP contribution in [0.3, 0.4) is 0 Å². The van der Waals surface area contributed by atoms with E-state index in [1.807, 2.05) is 20.8 Å². The van der Waals surface area contributed by atoms with Crippen molar-refractivity contribution < 1.29 is 22.7 Å². The van der Waals surface area contributed by atoms with E-state index in [2.05, 4.69) is 0 Å². The minimum absolute atomic E-state index is 0.0128. The summed E-state index contributed by atoms with van der Waals surface area (Å²) >= 11 is 0. The zero-order chi connectivity index (χ0) is 19.1. The summed E-state index contributed by atoms with van der Waals surface area (Å²) in [5.41, 5.74) is -0.0819. The van der Waals surface area contributed by atoms with Crippen LogP contribution in [0.15, 0.2) is 23.1 Å². The Kier molecular flexibility index (Phi) is 5.02. The van der Waals surface area contributed by atoms with E-state index in [1.165, 1.54) is 11.4 Å². The van der Waals surface area contributed by atoms with Crippen LogP contribution in [0, 0.1) is 0 Å². The number of sulfonamides is 1. The van der Waals surface area contributed by atoms with E-state index in [0.29, 0.717) is 25.3 Å². The van der Waals surface area contributed by atoms with Crippen molar-refractivity contribution >= 4 is 21.6 Å². The number of methoxy groups -OCH3 is 1. The van der Waals surface area contributed by atoms with Crippen molar-refractivity contribution in [1.29, 1.82) is 0 Å². The fraction of sp³-hybridized carbons (Fsp3) is 0.611. The van der Waals surface area contributed by atoms with Gasteiger partial charge in [-0.25, -0.2) is 8.42 Å². The minimum Gasteiger partial charge on any atom is -0.495 e. The van der Waals surface area contributed by atoms with Crippen molar-refractivity contribution in [3.63, 3.8) is 0 Å². The summed E-state index contributed by atoms with van der Waals surface area (Å²) in [5.74, 6) is 0.286. The highest BCUT2D eigenvalue weighted by Crippen LogP contribution is 2.36. The van der Waals surface area contributed by atoms with Crippen molar-refractivity contribution in [3.05, 3.63) is 18.2 Å². The number of carbonyl (C=O) groups excluding carboxylic acids is 1. The number of nitrogens with zero attached hydrogens (tertiary/aromatic N) is 2. The van der Waals surface area contributed by atoms with Crippen molar-refractivity contribution in [2.24, 2.45) is 0 Å². The Morgan fingerprint density at radius 3 is 2.65 bits per heavy atom. The Morgan fingerprint density at radius 1 is 1.31 bits per heavy atom. The fourth-order valence-corrected chi connectivity index (χ4v) is 5.47. The largest absolute Gasteiger partial charge is 0.495 e. The van der Waals surface area contributed by atoms with Gasteiger partial charge < -0.3 is 14.4 Å². The van der Waals surface area contributed by atoms with Crippen LogP contribution in [-0.4, -0.2) is 57.1 Å². The third-order valence-electron chi connectivity index (χ3n) is 4.92. The molecule has 2 heterocycles. The van der Waals surface area contributed by atoms with Crippen LogP contribution in [0.5, 0.6) is 5.75 Å². The summed E-state index contributed by atoms with van der Waals surface area (Å²) in [6.07, 6.45) is 1.08. The first kappa shape index (κ1) is 19.1. The van der Waals surface area contributed by atoms with Crippen LogP contribution < -0.4 is 9.64 Å². The number of hydrogen-bond acceptors (Lipinski definition) is 5. The lowest BCUT2D eigenvalue weighted by Crippen LogP contribution is -2.57. The highest BCUT2D eigenvalue weighted by Gasteiger charge is 2.43. The Balaban J connectivity index is 2.06. The molecule has 0 aliphatic carbocycles. The average molecular weight is 382 g/mol. The third-order valence-corrected chi connectivity index (χ3v) is 7.02. The molecule has 1 amide bonds. The van der Waals surface area contributed by atoms with Crippen LogP contribution >= 0.6 is 0 Å². The molecule has 1 aromatic rings. The van der Waals surface area contributed by atoms with Gasteiger partial charge in [0.05, 0.1) is 25.4 Å². The Morgan fingerprint density at radius 2 is 2.04 bits per heavy atom. The third kappa shape index (κ3) is 3.33. The van der Waals surface area contributed by atoms with E-state index < -0.39 is 15.6 Å². The number of benzene rings is 1. The monoisotopic (exact) mass is 382 g/mol. The number of hydrogen-bond donors (Lipinski definition) is 0. The molecular formula is C18H26N2O5S. The molecule has 0 radical (unpaired) electrons. The lowest BCUT2D eigenvalue weighted by atomic mass is 10.1. The summed E-state index contributed by atoms with van der Waals surface area (Å²) in [6, 6.07) is 4.90. The van der Waals surface area contributed by atoms with Crippen LogP contribution in [0.2, 0.25) is 0 Å². The Labute approximate surface area is 154 Å². The molecule has 144 valence electrons. The van der Waals surface area contributed by atoms with Crippen LogP contribution in [-0.2, 0) is 19.6 Å². The number of amides is 1. The maximum Gasteiger partial charge on any atom is 0.247 e. The van der Waals surface area contributed by atoms with Gasteiger partial charge in [0.25, 0.3) is 0 Å². The smallest absolute Gasteiger partial charge is 0.247 e. The standard InChI is InChI=1S/C18H26N2O5S/c1-13-11-20(18(2,3)12-25-13)26(22,23)16-10-14(7-8-15(16)24-4)19-9-5-6-17(19)21/h7-8,10,13H,5-6,9,11-12H2,1-4H3. The SMILES string of the molecule is COc1ccc(N2CCCC2=O)cc1S(=O)(=O)N1CC(C)OCC1(C)C. The molecule has 2 fully saturated rings. The Hall–Kier alpha value is -1.64. The van der Waals surface area contributed by atoms with Gasteiger partial charge in [-0.1, -0.05) is 0 Å². The molecule has 0 saturated carbocycles. The zero-order valence-electron chi connectivity index (χ0n) is 15.7. The predicted octanol–water partition coefficient (Wildman–Crippen LogP) is 2.01. The molecule has 0 aromatic heterocycles. The molecule has 0 spiro atoms. The van der Waals surface area contributed by atoms with Crippen molar-refractivity contribution in [1.82, 2.24) is 4.31 Å². The van der Waals surface area contributed by atoms with Gasteiger partial charge in [-0.15, -0.1) is 0 Å². The van der Waals surface area contributed by atoms with E-state index in [-0.39, 0.29) is 29.2 Å². The van der Waals surface area contributed by atoms with Gasteiger partial charge in [-0.05, 0) is 45.4 Å². The first-order chi connectivity index (χ1) is 12.2. The lowest BCUT2D eigenvalue weighted by Gasteiger charge is -2.43. The molecule has 0 N–H and O–H groups in total. The highest BCUT2D eigenvalue weighted by atomic mass is 32.2. The molecule has 3 rings (SSSR count). The first-order valence-corrected chi connectivity index (χ1v) is 10.2. The predicted molar refractivity (Wildman–Crippen MR) is 98.0 cm³/mol. The summed E-state index contributed by atoms with van der Waals surface area (Å²) < 4.78 is 39.4. The molecular weight excluding hydrogens is 356 g/mol. The maximum absolute atomic E-state index is 13.5. The van der Waals surface area contributed by atoms with Gasteiger partial charge in [-0.3, -0.25) is 4.79 Å². The van der Waals surface area contributed by atoms with Gasteiger partial charge in [0.1, 0.15) is 10.6 Å². The normalized spacial score (nSPS) is 24.1. The number of ether oxygens (including phenoxy) is 2. The average Bonchev–Trinajstić information content (AvgIpc) is 3.02. The minimum atomic E-state index is -3.82. The van der Waals surface area contributed by atoms with Crippen molar-refractivity contribution in [2.75, 3.05) is 31.7 Å². The molecule has 26 heavy (non-hydrogen) atoms. The molecule has 7 nitrogen and oxygen atoms in total. The second-order valence-corrected chi connectivity index (χ2v) is 9.29. The topological polar surface area (TPSA) is 76.2 Å². The van der Waals surface area contributed by atoms with E-state index in [1.54, 1.807) is 23.1 Å². The van der Waals surface area contributed by atoms with E-state index >= 15 is 0 Å². The van der Waals surface area contributed by atoms with Gasteiger partial charge in [-0.2, -0.15) is 4.31 Å². The first-order valence-electron chi connectivity index (χ1n) is 8.79. The lowest BCUT2D eigenvalue weighted by molar-refractivity contribution is -0.117. The van der Waals surface area contributed by atoms with Crippen molar-refractivity contribution in [3.8, 4) is 5.75 Å². The molecule has 2 saturated heterocycles. The van der Waals surface area contributed by atoms with Gasteiger partial charge in [0, 0.05) is 25.2 Å². The van der Waals surface area contributed by atoms with Crippen LogP contribution in [0.1, 0.15) is 33.6 Å². The maximum atomic E-state index is 13.5. The quantitative estimate of drug-likeness (QED) is 0.796. The second-order valence-electron chi connectivity index (χ2n) is 7.45. The molecule has 8 heteroatoms. The molecule has 1 atom stereocenters. The Bertz CT molecular complexity index is 806. The molecule has 1 aromatic carbocycles. The highest BCUT2D eigenvalue weighted by molar-refractivity contribution is 7.89. The summed E-state index contributed by atoms with van der Waals surface area (Å²) in [7, 11) is -2.38. The number of anilines is 1. The van der Waals surface area contributed by atoms with Crippen LogP contribution in [0.4, 0.5) is 5.69 Å². The number of rotatable bonds is 4. The van der Waals surface area contributed by atoms with E-state index in [4.69, 9.17) is 9.47 Å². The molecule has 2 aliphatic rings. The van der Waals surface area contributed by atoms with Gasteiger partial charge in [0.15, 0.2) is 0 Å². The van der Waals surface area contributed by atoms with Gasteiger partial charge in [0.2, 0.25) is 15.9 Å². The molecule has 1 unspecified atom stereocenters. The second kappa shape index (κ2) is 6.83. The summed E-state index contributed by atoms with van der Waals surface area (Å²) in [6.45, 7) is 6.73. The van der Waals surface area contributed by atoms with Crippen molar-refractivity contribution in [2.45, 2.75) is 50.2 Å². The molecule has 2 aliphatic heterocycles. The summed E-state index contributed by atoms with van der Waals surface area (Å²) in [4.78, 5) is 13.8. The fourth-order valence-electron chi connectivity index (χ4n) is 3.45. The van der Waals surface area contributed by atoms with E-state index in [9.17, 15) is 13.2 Å². The van der Waals surface area contributed by atoms with Crippen LogP contribution in [0.25, 0.3) is 0 Å².